The maximum absolute atomic E-state index is 12.7. The van der Waals surface area contributed by atoms with E-state index in [9.17, 15) is 19.5 Å². The number of carbonyl (C=O) groups is 3. The van der Waals surface area contributed by atoms with E-state index in [1.807, 2.05) is 36.4 Å². The molecule has 166 valence electrons. The molecule has 8 nitrogen and oxygen atoms in total. The average Bonchev–Trinajstić information content (AvgIpc) is 2.74. The lowest BCUT2D eigenvalue weighted by Gasteiger charge is -2.23. The van der Waals surface area contributed by atoms with E-state index in [1.54, 1.807) is 24.3 Å². The highest BCUT2D eigenvalue weighted by Crippen LogP contribution is 2.07. The normalized spacial score (nSPS) is 12.5. The third kappa shape index (κ3) is 8.98. The third-order valence-corrected chi connectivity index (χ3v) is 4.37. The van der Waals surface area contributed by atoms with Crippen LogP contribution in [0, 0.1) is 0 Å². The van der Waals surface area contributed by atoms with Crippen LogP contribution in [0.1, 0.15) is 24.5 Å². The molecule has 2 rings (SSSR count). The van der Waals surface area contributed by atoms with Gasteiger partial charge in [-0.05, 0) is 30.9 Å². The number of hydrogen-bond acceptors (Lipinski definition) is 5. The van der Waals surface area contributed by atoms with Gasteiger partial charge in [0.2, 0.25) is 0 Å². The van der Waals surface area contributed by atoms with Gasteiger partial charge in [-0.2, -0.15) is 5.10 Å². The summed E-state index contributed by atoms with van der Waals surface area (Å²) in [4.78, 5) is 35.5. The predicted molar refractivity (Wildman–Crippen MR) is 119 cm³/mol. The lowest BCUT2D eigenvalue weighted by molar-refractivity contribution is -0.146. The molecule has 3 N–H and O–H groups in total. The van der Waals surface area contributed by atoms with Crippen LogP contribution >= 0.6 is 12.4 Å². The molecule has 0 spiro atoms. The smallest absolute Gasteiger partial charge is 0.325 e. The second kappa shape index (κ2) is 13.1. The summed E-state index contributed by atoms with van der Waals surface area (Å²) in [6.07, 6.45) is 2.19. The standard InChI is InChI=1S/C22H25N3O5.ClH/c1-16(24-19(22(29)30)13-12-17-8-4-2-5-9-17)21(28)25(15-20(26)27)23-14-18-10-6-3-7-11-18;/h2-11,14,16,19,24H,12-13,15H2,1H3,(H,26,27)(H,29,30);1H/t16-,19-;/m0./s1. The molecule has 9 heteroatoms. The highest BCUT2D eigenvalue weighted by Gasteiger charge is 2.27. The summed E-state index contributed by atoms with van der Waals surface area (Å²) in [6, 6.07) is 16.5. The molecule has 2 aromatic rings. The van der Waals surface area contributed by atoms with Gasteiger partial charge in [-0.15, -0.1) is 12.4 Å². The van der Waals surface area contributed by atoms with Gasteiger partial charge in [-0.25, -0.2) is 5.01 Å². The van der Waals surface area contributed by atoms with Crippen molar-refractivity contribution in [2.45, 2.75) is 31.8 Å². The molecular formula is C22H26ClN3O5. The minimum absolute atomic E-state index is 0. The van der Waals surface area contributed by atoms with Crippen LogP contribution in [0.2, 0.25) is 0 Å². The van der Waals surface area contributed by atoms with Gasteiger partial charge in [0.05, 0.1) is 12.3 Å². The monoisotopic (exact) mass is 447 g/mol. The van der Waals surface area contributed by atoms with Crippen LogP contribution in [-0.2, 0) is 20.8 Å². The highest BCUT2D eigenvalue weighted by atomic mass is 35.5. The predicted octanol–water partition coefficient (Wildman–Crippen LogP) is 2.42. The van der Waals surface area contributed by atoms with Gasteiger partial charge in [0.1, 0.15) is 12.6 Å². The molecule has 0 aliphatic carbocycles. The van der Waals surface area contributed by atoms with Gasteiger partial charge < -0.3 is 10.2 Å². The maximum Gasteiger partial charge on any atom is 0.325 e. The van der Waals surface area contributed by atoms with Crippen LogP contribution in [0.15, 0.2) is 65.8 Å². The molecule has 0 fully saturated rings. The Morgan fingerprint density at radius 1 is 1.03 bits per heavy atom. The topological polar surface area (TPSA) is 119 Å². The van der Waals surface area contributed by atoms with Gasteiger partial charge >= 0.3 is 11.9 Å². The molecule has 0 heterocycles. The first-order valence-electron chi connectivity index (χ1n) is 9.52. The molecule has 0 aromatic heterocycles. The number of rotatable bonds is 11. The largest absolute Gasteiger partial charge is 0.480 e. The summed E-state index contributed by atoms with van der Waals surface area (Å²) in [7, 11) is 0. The SMILES string of the molecule is C[C@H](N[C@@H](CCc1ccccc1)C(=O)O)C(=O)N(CC(=O)O)N=Cc1ccccc1.Cl. The van der Waals surface area contributed by atoms with Crippen LogP contribution in [0.25, 0.3) is 0 Å². The fourth-order valence-corrected chi connectivity index (χ4v) is 2.81. The minimum atomic E-state index is -1.22. The number of hydrogen-bond donors (Lipinski definition) is 3. The highest BCUT2D eigenvalue weighted by molar-refractivity contribution is 5.88. The fourth-order valence-electron chi connectivity index (χ4n) is 2.81. The van der Waals surface area contributed by atoms with Crippen LogP contribution in [-0.4, -0.2) is 57.9 Å². The Balaban J connectivity index is 0.00000480. The Morgan fingerprint density at radius 2 is 1.61 bits per heavy atom. The number of nitrogens with zero attached hydrogens (tertiary/aromatic N) is 2. The maximum atomic E-state index is 12.7. The molecule has 0 saturated carbocycles. The van der Waals surface area contributed by atoms with Gasteiger partial charge in [0.25, 0.3) is 5.91 Å². The van der Waals surface area contributed by atoms with Gasteiger partial charge in [0.15, 0.2) is 0 Å². The number of carboxylic acids is 2. The number of benzene rings is 2. The lowest BCUT2D eigenvalue weighted by atomic mass is 10.0. The van der Waals surface area contributed by atoms with Crippen molar-refractivity contribution >= 4 is 36.5 Å². The molecule has 1 amide bonds. The van der Waals surface area contributed by atoms with E-state index in [2.05, 4.69) is 10.4 Å². The van der Waals surface area contributed by atoms with Crippen molar-refractivity contribution in [3.05, 3.63) is 71.8 Å². The van der Waals surface area contributed by atoms with Crippen molar-refractivity contribution < 1.29 is 24.6 Å². The van der Waals surface area contributed by atoms with Crippen molar-refractivity contribution in [3.63, 3.8) is 0 Å². The minimum Gasteiger partial charge on any atom is -0.480 e. The number of aliphatic carboxylic acids is 2. The van der Waals surface area contributed by atoms with Gasteiger partial charge in [0, 0.05) is 0 Å². The van der Waals surface area contributed by atoms with E-state index in [0.29, 0.717) is 12.0 Å². The molecule has 0 aliphatic rings. The first-order valence-corrected chi connectivity index (χ1v) is 9.52. The molecule has 0 aliphatic heterocycles. The molecule has 2 aromatic carbocycles. The zero-order chi connectivity index (χ0) is 21.9. The average molecular weight is 448 g/mol. The quantitative estimate of drug-likeness (QED) is 0.359. The number of hydrazone groups is 1. The van der Waals surface area contributed by atoms with Crippen LogP contribution in [0.4, 0.5) is 0 Å². The summed E-state index contributed by atoms with van der Waals surface area (Å²) < 4.78 is 0. The van der Waals surface area contributed by atoms with Crippen molar-refractivity contribution in [1.82, 2.24) is 10.3 Å². The van der Waals surface area contributed by atoms with Crippen molar-refractivity contribution in [1.29, 1.82) is 0 Å². The molecular weight excluding hydrogens is 422 g/mol. The number of nitrogens with one attached hydrogen (secondary N) is 1. The summed E-state index contributed by atoms with van der Waals surface area (Å²) in [5.41, 5.74) is 1.69. The zero-order valence-corrected chi connectivity index (χ0v) is 17.9. The summed E-state index contributed by atoms with van der Waals surface area (Å²) in [5, 5.41) is 26.2. The lowest BCUT2D eigenvalue weighted by Crippen LogP contribution is -2.50. The van der Waals surface area contributed by atoms with E-state index in [4.69, 9.17) is 5.11 Å². The number of aryl methyl sites for hydroxylation is 1. The Hall–Kier alpha value is -3.23. The molecule has 2 atom stereocenters. The molecule has 0 unspecified atom stereocenters. The van der Waals surface area contributed by atoms with E-state index >= 15 is 0 Å². The van der Waals surface area contributed by atoms with E-state index in [-0.39, 0.29) is 18.8 Å². The van der Waals surface area contributed by atoms with Crippen molar-refractivity contribution in [2.24, 2.45) is 5.10 Å². The first kappa shape index (κ1) is 25.8. The van der Waals surface area contributed by atoms with Gasteiger partial charge in [-0.3, -0.25) is 19.7 Å². The number of halogens is 1. The van der Waals surface area contributed by atoms with Crippen LogP contribution in [0.5, 0.6) is 0 Å². The summed E-state index contributed by atoms with van der Waals surface area (Å²) in [6.45, 7) is 0.865. The van der Waals surface area contributed by atoms with E-state index in [0.717, 1.165) is 10.6 Å². The van der Waals surface area contributed by atoms with Crippen LogP contribution in [0.3, 0.4) is 0 Å². The molecule has 31 heavy (non-hydrogen) atoms. The van der Waals surface area contributed by atoms with Crippen molar-refractivity contribution in [3.8, 4) is 0 Å². The number of carbonyl (C=O) groups excluding carboxylic acids is 1. The number of carboxylic acid groups (broad SMARTS) is 2. The van der Waals surface area contributed by atoms with E-state index < -0.39 is 36.5 Å². The number of amides is 1. The molecule has 0 bridgehead atoms. The Morgan fingerprint density at radius 3 is 2.16 bits per heavy atom. The summed E-state index contributed by atoms with van der Waals surface area (Å²) >= 11 is 0. The Bertz CT molecular complexity index is 877. The molecule has 0 radical (unpaired) electrons. The van der Waals surface area contributed by atoms with Crippen LogP contribution < -0.4 is 5.32 Å². The first-order chi connectivity index (χ1) is 14.4. The fraction of sp³-hybridized carbons (Fsp3) is 0.273. The van der Waals surface area contributed by atoms with Crippen molar-refractivity contribution in [2.75, 3.05) is 6.54 Å². The second-order valence-corrected chi connectivity index (χ2v) is 6.75. The summed E-state index contributed by atoms with van der Waals surface area (Å²) in [5.74, 6) is -2.93. The zero-order valence-electron chi connectivity index (χ0n) is 17.0. The molecule has 0 saturated heterocycles. The van der Waals surface area contributed by atoms with Gasteiger partial charge in [-0.1, -0.05) is 60.7 Å². The third-order valence-electron chi connectivity index (χ3n) is 4.37. The Labute approximate surface area is 187 Å². The Kier molecular flexibility index (Phi) is 10.9. The second-order valence-electron chi connectivity index (χ2n) is 6.75. The van der Waals surface area contributed by atoms with E-state index in [1.165, 1.54) is 13.1 Å².